The molecule has 2 nitrogen and oxygen atoms in total. The minimum Gasteiger partial charge on any atom is -0.293 e. The monoisotopic (exact) mass is 249 g/mol. The van der Waals surface area contributed by atoms with Gasteiger partial charge in [-0.05, 0) is 24.6 Å². The summed E-state index contributed by atoms with van der Waals surface area (Å²) in [5.74, 6) is 0.137. The quantitative estimate of drug-likeness (QED) is 0.726. The Morgan fingerprint density at radius 3 is 2.94 bits per heavy atom. The van der Waals surface area contributed by atoms with Crippen LogP contribution >= 0.6 is 11.6 Å². The number of rotatable bonds is 4. The van der Waals surface area contributed by atoms with Gasteiger partial charge in [-0.25, -0.2) is 0 Å². The highest BCUT2D eigenvalue weighted by Gasteiger charge is 2.24. The van der Waals surface area contributed by atoms with Crippen LogP contribution in [0.4, 0.5) is 5.69 Å². The van der Waals surface area contributed by atoms with Gasteiger partial charge in [0.05, 0.1) is 11.6 Å². The van der Waals surface area contributed by atoms with Gasteiger partial charge in [-0.15, -0.1) is 0 Å². The van der Waals surface area contributed by atoms with E-state index in [0.29, 0.717) is 16.3 Å². The van der Waals surface area contributed by atoms with E-state index in [9.17, 15) is 4.79 Å². The predicted octanol–water partition coefficient (Wildman–Crippen LogP) is 4.44. The summed E-state index contributed by atoms with van der Waals surface area (Å²) in [6, 6.07) is 5.28. The molecule has 0 bridgehead atoms. The molecule has 0 fully saturated rings. The molecule has 1 atom stereocenters. The zero-order valence-corrected chi connectivity index (χ0v) is 10.7. The summed E-state index contributed by atoms with van der Waals surface area (Å²) in [6.45, 7) is 2.16. The number of hydrogen-bond acceptors (Lipinski definition) is 2. The third kappa shape index (κ3) is 2.75. The van der Waals surface area contributed by atoms with E-state index < -0.39 is 0 Å². The lowest BCUT2D eigenvalue weighted by atomic mass is 9.90. The number of hydrogen-bond donors (Lipinski definition) is 0. The van der Waals surface area contributed by atoms with Crippen molar-refractivity contribution in [2.24, 2.45) is 10.9 Å². The standard InChI is InChI=1S/C14H16ClNO/c1-2-3-4-5-10-9-16-13-8-11(15)6-7-12(13)14(10)17/h6-10H,2-5H2,1H3. The minimum atomic E-state index is -0.0461. The van der Waals surface area contributed by atoms with Gasteiger partial charge in [0.15, 0.2) is 5.78 Å². The number of aliphatic imine (C=N–C) groups is 1. The number of carbonyl (C=O) groups excluding carboxylic acids is 1. The maximum Gasteiger partial charge on any atom is 0.173 e. The molecule has 90 valence electrons. The molecule has 17 heavy (non-hydrogen) atoms. The van der Waals surface area contributed by atoms with Crippen LogP contribution in [0.2, 0.25) is 5.02 Å². The fourth-order valence-corrected chi connectivity index (χ4v) is 2.24. The van der Waals surface area contributed by atoms with Crippen molar-refractivity contribution in [2.45, 2.75) is 32.6 Å². The highest BCUT2D eigenvalue weighted by Crippen LogP contribution is 2.30. The third-order valence-corrected chi connectivity index (χ3v) is 3.31. The lowest BCUT2D eigenvalue weighted by molar-refractivity contribution is 0.0949. The van der Waals surface area contributed by atoms with Gasteiger partial charge in [0.2, 0.25) is 0 Å². The van der Waals surface area contributed by atoms with Crippen LogP contribution in [0.25, 0.3) is 0 Å². The van der Waals surface area contributed by atoms with Crippen LogP contribution in [-0.4, -0.2) is 12.0 Å². The summed E-state index contributed by atoms with van der Waals surface area (Å²) in [7, 11) is 0. The number of fused-ring (bicyclic) bond motifs is 1. The van der Waals surface area contributed by atoms with Gasteiger partial charge in [-0.2, -0.15) is 0 Å². The number of ketones is 1. The van der Waals surface area contributed by atoms with Crippen molar-refractivity contribution in [3.05, 3.63) is 28.8 Å². The summed E-state index contributed by atoms with van der Waals surface area (Å²) in [6.07, 6.45) is 6.10. The first-order valence-corrected chi connectivity index (χ1v) is 6.48. The molecule has 0 spiro atoms. The molecule has 3 heteroatoms. The Morgan fingerprint density at radius 2 is 2.18 bits per heavy atom. The first kappa shape index (κ1) is 12.3. The van der Waals surface area contributed by atoms with Gasteiger partial charge in [0, 0.05) is 16.8 Å². The van der Waals surface area contributed by atoms with Crippen molar-refractivity contribution in [1.82, 2.24) is 0 Å². The van der Waals surface area contributed by atoms with Crippen molar-refractivity contribution in [3.63, 3.8) is 0 Å². The maximum absolute atomic E-state index is 12.2. The summed E-state index contributed by atoms with van der Waals surface area (Å²) in [5.41, 5.74) is 1.41. The zero-order chi connectivity index (χ0) is 12.3. The van der Waals surface area contributed by atoms with E-state index in [4.69, 9.17) is 11.6 Å². The molecule has 0 radical (unpaired) electrons. The average Bonchev–Trinajstić information content (AvgIpc) is 2.32. The van der Waals surface area contributed by atoms with Gasteiger partial charge < -0.3 is 0 Å². The Bertz CT molecular complexity index is 454. The van der Waals surface area contributed by atoms with Crippen LogP contribution in [0.5, 0.6) is 0 Å². The van der Waals surface area contributed by atoms with E-state index in [1.165, 1.54) is 12.8 Å². The smallest absolute Gasteiger partial charge is 0.173 e. The summed E-state index contributed by atoms with van der Waals surface area (Å²) < 4.78 is 0. The van der Waals surface area contributed by atoms with Crippen LogP contribution in [0.15, 0.2) is 23.2 Å². The number of Topliss-reactive ketones (excluding diaryl/α,β-unsaturated/α-hetero) is 1. The Balaban J connectivity index is 2.13. The molecule has 1 aliphatic rings. The molecular formula is C14H16ClNO. The highest BCUT2D eigenvalue weighted by atomic mass is 35.5. The molecular weight excluding hydrogens is 234 g/mol. The fraction of sp³-hybridized carbons (Fsp3) is 0.429. The third-order valence-electron chi connectivity index (χ3n) is 3.07. The normalized spacial score (nSPS) is 18.2. The molecule has 0 N–H and O–H groups in total. The maximum atomic E-state index is 12.2. The van der Waals surface area contributed by atoms with Crippen LogP contribution in [0.3, 0.4) is 0 Å². The highest BCUT2D eigenvalue weighted by molar-refractivity contribution is 6.31. The fourth-order valence-electron chi connectivity index (χ4n) is 2.08. The molecule has 0 aliphatic carbocycles. The van der Waals surface area contributed by atoms with Crippen molar-refractivity contribution >= 4 is 29.3 Å². The lowest BCUT2D eigenvalue weighted by Gasteiger charge is -2.17. The molecule has 0 saturated heterocycles. The van der Waals surface area contributed by atoms with Gasteiger partial charge in [0.1, 0.15) is 0 Å². The summed E-state index contributed by atoms with van der Waals surface area (Å²) >= 11 is 5.88. The number of unbranched alkanes of at least 4 members (excludes halogenated alkanes) is 2. The van der Waals surface area contributed by atoms with Crippen LogP contribution < -0.4 is 0 Å². The molecule has 1 aliphatic heterocycles. The second kappa shape index (κ2) is 5.46. The first-order valence-electron chi connectivity index (χ1n) is 6.10. The van der Waals surface area contributed by atoms with Crippen molar-refractivity contribution in [1.29, 1.82) is 0 Å². The Kier molecular flexibility index (Phi) is 3.95. The summed E-state index contributed by atoms with van der Waals surface area (Å²) in [4.78, 5) is 16.5. The van der Waals surface area contributed by atoms with Gasteiger partial charge >= 0.3 is 0 Å². The average molecular weight is 250 g/mol. The van der Waals surface area contributed by atoms with E-state index in [1.807, 2.05) is 0 Å². The molecule has 1 unspecified atom stereocenters. The molecule has 1 aromatic rings. The Morgan fingerprint density at radius 1 is 1.35 bits per heavy atom. The minimum absolute atomic E-state index is 0.0461. The molecule has 1 aromatic carbocycles. The largest absolute Gasteiger partial charge is 0.293 e. The van der Waals surface area contributed by atoms with Gasteiger partial charge in [-0.1, -0.05) is 37.8 Å². The van der Waals surface area contributed by atoms with E-state index in [0.717, 1.165) is 12.8 Å². The first-order chi connectivity index (χ1) is 8.22. The summed E-state index contributed by atoms with van der Waals surface area (Å²) in [5, 5.41) is 0.623. The molecule has 1 heterocycles. The van der Waals surface area contributed by atoms with Crippen molar-refractivity contribution < 1.29 is 4.79 Å². The SMILES string of the molecule is CCCCCC1C=Nc2cc(Cl)ccc2C1=O. The molecule has 2 rings (SSSR count). The topological polar surface area (TPSA) is 29.4 Å². The van der Waals surface area contributed by atoms with Crippen LogP contribution in [0.1, 0.15) is 43.0 Å². The number of halogens is 1. The number of carbonyl (C=O) groups is 1. The number of benzene rings is 1. The van der Waals surface area contributed by atoms with E-state index in [-0.39, 0.29) is 11.7 Å². The second-order valence-electron chi connectivity index (χ2n) is 4.41. The lowest BCUT2D eigenvalue weighted by Crippen LogP contribution is -2.19. The Labute approximate surface area is 107 Å². The predicted molar refractivity (Wildman–Crippen MR) is 71.6 cm³/mol. The molecule has 0 amide bonds. The van der Waals surface area contributed by atoms with Crippen LogP contribution in [0, 0.1) is 5.92 Å². The van der Waals surface area contributed by atoms with Crippen molar-refractivity contribution in [2.75, 3.05) is 0 Å². The Hall–Kier alpha value is -1.15. The second-order valence-corrected chi connectivity index (χ2v) is 4.84. The molecule has 0 saturated carbocycles. The van der Waals surface area contributed by atoms with E-state index >= 15 is 0 Å². The van der Waals surface area contributed by atoms with Crippen molar-refractivity contribution in [3.8, 4) is 0 Å². The number of nitrogens with zero attached hydrogens (tertiary/aromatic N) is 1. The van der Waals surface area contributed by atoms with Crippen LogP contribution in [-0.2, 0) is 0 Å². The molecule has 0 aromatic heterocycles. The van der Waals surface area contributed by atoms with Gasteiger partial charge in [0.25, 0.3) is 0 Å². The zero-order valence-electron chi connectivity index (χ0n) is 9.95. The van der Waals surface area contributed by atoms with Gasteiger partial charge in [-0.3, -0.25) is 9.79 Å². The van der Waals surface area contributed by atoms with E-state index in [1.54, 1.807) is 24.4 Å². The van der Waals surface area contributed by atoms with E-state index in [2.05, 4.69) is 11.9 Å².